The summed E-state index contributed by atoms with van der Waals surface area (Å²) < 4.78 is 5.35. The molecule has 1 unspecified atom stereocenters. The largest absolute Gasteiger partial charge is 0.458 e. The summed E-state index contributed by atoms with van der Waals surface area (Å²) >= 11 is 0. The molecule has 0 aliphatic carbocycles. The first-order chi connectivity index (χ1) is 8.61. The maximum Gasteiger partial charge on any atom is 0.342 e. The van der Waals surface area contributed by atoms with Crippen LogP contribution in [0.15, 0.2) is 12.3 Å². The Morgan fingerprint density at radius 2 is 2.39 bits per heavy atom. The Morgan fingerprint density at radius 3 is 3.06 bits per heavy atom. The summed E-state index contributed by atoms with van der Waals surface area (Å²) in [6, 6.07) is 1.81. The minimum atomic E-state index is -0.397. The highest BCUT2D eigenvalue weighted by Crippen LogP contribution is 2.27. The van der Waals surface area contributed by atoms with E-state index in [9.17, 15) is 9.59 Å². The highest BCUT2D eigenvalue weighted by Gasteiger charge is 2.29. The first-order valence-corrected chi connectivity index (χ1v) is 6.08. The molecule has 1 aromatic rings. The maximum atomic E-state index is 12.0. The fourth-order valence-electron chi connectivity index (χ4n) is 2.14. The van der Waals surface area contributed by atoms with Gasteiger partial charge in [-0.2, -0.15) is 0 Å². The lowest BCUT2D eigenvalue weighted by atomic mass is 9.97. The van der Waals surface area contributed by atoms with Gasteiger partial charge in [0.2, 0.25) is 5.91 Å². The van der Waals surface area contributed by atoms with Gasteiger partial charge in [-0.05, 0) is 18.1 Å². The van der Waals surface area contributed by atoms with Crippen molar-refractivity contribution in [1.29, 1.82) is 0 Å². The number of amides is 1. The molecule has 1 aliphatic heterocycles. The predicted molar refractivity (Wildman–Crippen MR) is 66.4 cm³/mol. The Bertz CT molecular complexity index is 485. The number of fused-ring (bicyclic) bond motifs is 1. The summed E-state index contributed by atoms with van der Waals surface area (Å²) in [4.78, 5) is 27.0. The van der Waals surface area contributed by atoms with Crippen molar-refractivity contribution in [2.24, 2.45) is 0 Å². The molecule has 96 valence electrons. The van der Waals surface area contributed by atoms with E-state index in [0.717, 1.165) is 18.4 Å². The molecule has 1 amide bonds. The van der Waals surface area contributed by atoms with Gasteiger partial charge in [-0.1, -0.05) is 13.3 Å². The number of rotatable bonds is 3. The summed E-state index contributed by atoms with van der Waals surface area (Å²) in [6.45, 7) is 3.44. The van der Waals surface area contributed by atoms with Gasteiger partial charge in [-0.25, -0.2) is 9.78 Å². The van der Waals surface area contributed by atoms with Crippen LogP contribution in [0, 0.1) is 0 Å². The maximum absolute atomic E-state index is 12.0. The summed E-state index contributed by atoms with van der Waals surface area (Å²) in [5.41, 5.74) is 1.28. The van der Waals surface area contributed by atoms with Crippen molar-refractivity contribution in [2.45, 2.75) is 39.2 Å². The molecule has 1 aromatic heterocycles. The van der Waals surface area contributed by atoms with Crippen LogP contribution in [0.5, 0.6) is 0 Å². The average molecular weight is 248 g/mol. The lowest BCUT2D eigenvalue weighted by Crippen LogP contribution is -2.29. The number of hydrogen-bond acceptors (Lipinski definition) is 4. The van der Waals surface area contributed by atoms with E-state index in [2.05, 4.69) is 17.2 Å². The summed E-state index contributed by atoms with van der Waals surface area (Å²) in [5.74, 6) is -0.356. The normalized spacial score (nSPS) is 17.9. The van der Waals surface area contributed by atoms with Crippen LogP contribution in [0.1, 0.15) is 42.6 Å². The summed E-state index contributed by atoms with van der Waals surface area (Å²) in [5, 5.41) is 2.56. The molecule has 5 nitrogen and oxygen atoms in total. The second-order valence-corrected chi connectivity index (χ2v) is 4.39. The van der Waals surface area contributed by atoms with Gasteiger partial charge in [-0.3, -0.25) is 4.79 Å². The van der Waals surface area contributed by atoms with Gasteiger partial charge in [0.25, 0.3) is 0 Å². The van der Waals surface area contributed by atoms with E-state index in [1.54, 1.807) is 6.20 Å². The SMILES string of the molecule is CCCC1Cc2ccnc(NC(C)=O)c2C(=O)O1. The smallest absolute Gasteiger partial charge is 0.342 e. The van der Waals surface area contributed by atoms with Crippen LogP contribution < -0.4 is 5.32 Å². The van der Waals surface area contributed by atoms with Crippen LogP contribution in [-0.4, -0.2) is 23.0 Å². The number of carbonyl (C=O) groups is 2. The number of anilines is 1. The van der Waals surface area contributed by atoms with Crippen LogP contribution in [0.2, 0.25) is 0 Å². The van der Waals surface area contributed by atoms with Gasteiger partial charge in [0.1, 0.15) is 17.5 Å². The van der Waals surface area contributed by atoms with E-state index in [-0.39, 0.29) is 12.0 Å². The second-order valence-electron chi connectivity index (χ2n) is 4.39. The molecule has 2 rings (SSSR count). The van der Waals surface area contributed by atoms with Crippen LogP contribution in [0.3, 0.4) is 0 Å². The van der Waals surface area contributed by atoms with Crippen LogP contribution in [0.25, 0.3) is 0 Å². The molecule has 0 bridgehead atoms. The first-order valence-electron chi connectivity index (χ1n) is 6.08. The molecule has 5 heteroatoms. The zero-order valence-electron chi connectivity index (χ0n) is 10.5. The molecule has 0 radical (unpaired) electrons. The highest BCUT2D eigenvalue weighted by atomic mass is 16.5. The van der Waals surface area contributed by atoms with Crippen molar-refractivity contribution in [3.63, 3.8) is 0 Å². The third kappa shape index (κ3) is 2.50. The van der Waals surface area contributed by atoms with Gasteiger partial charge in [0.15, 0.2) is 0 Å². The zero-order valence-corrected chi connectivity index (χ0v) is 10.5. The summed E-state index contributed by atoms with van der Waals surface area (Å²) in [7, 11) is 0. The molecule has 0 aromatic carbocycles. The third-order valence-electron chi connectivity index (χ3n) is 2.87. The number of esters is 1. The number of hydrogen-bond donors (Lipinski definition) is 1. The molecule has 1 atom stereocenters. The first kappa shape index (κ1) is 12.5. The number of cyclic esters (lactones) is 1. The fraction of sp³-hybridized carbons (Fsp3) is 0.462. The van der Waals surface area contributed by atoms with Gasteiger partial charge < -0.3 is 10.1 Å². The number of nitrogens with zero attached hydrogens (tertiary/aromatic N) is 1. The Hall–Kier alpha value is -1.91. The molecule has 18 heavy (non-hydrogen) atoms. The monoisotopic (exact) mass is 248 g/mol. The topological polar surface area (TPSA) is 68.3 Å². The van der Waals surface area contributed by atoms with Crippen LogP contribution in [-0.2, 0) is 16.0 Å². The van der Waals surface area contributed by atoms with E-state index in [4.69, 9.17) is 4.74 Å². The molecule has 1 N–H and O–H groups in total. The number of pyridine rings is 1. The van der Waals surface area contributed by atoms with E-state index in [1.807, 2.05) is 6.07 Å². The molecule has 0 fully saturated rings. The minimum absolute atomic E-state index is 0.0671. The molecule has 0 saturated carbocycles. The molecule has 2 heterocycles. The predicted octanol–water partition coefficient (Wildman–Crippen LogP) is 1.92. The standard InChI is InChI=1S/C13H16N2O3/c1-3-4-10-7-9-5-6-14-12(15-8(2)16)11(9)13(17)18-10/h5-6,10H,3-4,7H2,1-2H3,(H,14,15,16). The summed E-state index contributed by atoms with van der Waals surface area (Å²) in [6.07, 6.45) is 4.04. The Morgan fingerprint density at radius 1 is 1.61 bits per heavy atom. The van der Waals surface area contributed by atoms with E-state index in [1.165, 1.54) is 6.92 Å². The van der Waals surface area contributed by atoms with Crippen LogP contribution >= 0.6 is 0 Å². The van der Waals surface area contributed by atoms with Gasteiger partial charge in [0.05, 0.1) is 0 Å². The second kappa shape index (κ2) is 5.16. The van der Waals surface area contributed by atoms with Gasteiger partial charge in [-0.15, -0.1) is 0 Å². The van der Waals surface area contributed by atoms with E-state index in [0.29, 0.717) is 17.8 Å². The van der Waals surface area contributed by atoms with E-state index >= 15 is 0 Å². The molecule has 1 aliphatic rings. The van der Waals surface area contributed by atoms with Crippen molar-refractivity contribution in [3.05, 3.63) is 23.4 Å². The van der Waals surface area contributed by atoms with Crippen molar-refractivity contribution in [3.8, 4) is 0 Å². The Balaban J connectivity index is 2.33. The quantitative estimate of drug-likeness (QED) is 0.830. The van der Waals surface area contributed by atoms with Crippen molar-refractivity contribution in [2.75, 3.05) is 5.32 Å². The number of ether oxygens (including phenoxy) is 1. The van der Waals surface area contributed by atoms with Gasteiger partial charge in [0, 0.05) is 19.5 Å². The average Bonchev–Trinajstić information content (AvgIpc) is 2.28. The molecular formula is C13H16N2O3. The van der Waals surface area contributed by atoms with Crippen molar-refractivity contribution >= 4 is 17.7 Å². The number of nitrogens with one attached hydrogen (secondary N) is 1. The van der Waals surface area contributed by atoms with Crippen molar-refractivity contribution < 1.29 is 14.3 Å². The number of aromatic nitrogens is 1. The molecule has 0 saturated heterocycles. The van der Waals surface area contributed by atoms with Crippen LogP contribution in [0.4, 0.5) is 5.82 Å². The molecular weight excluding hydrogens is 232 g/mol. The van der Waals surface area contributed by atoms with E-state index < -0.39 is 5.97 Å². The lowest BCUT2D eigenvalue weighted by Gasteiger charge is -2.25. The lowest BCUT2D eigenvalue weighted by molar-refractivity contribution is -0.114. The highest BCUT2D eigenvalue weighted by molar-refractivity contribution is 6.01. The van der Waals surface area contributed by atoms with Crippen molar-refractivity contribution in [1.82, 2.24) is 4.98 Å². The Kier molecular flexibility index (Phi) is 3.60. The minimum Gasteiger partial charge on any atom is -0.458 e. The Labute approximate surface area is 106 Å². The number of carbonyl (C=O) groups excluding carboxylic acids is 2. The fourth-order valence-corrected chi connectivity index (χ4v) is 2.14. The third-order valence-corrected chi connectivity index (χ3v) is 2.87. The zero-order chi connectivity index (χ0) is 13.1. The molecule has 0 spiro atoms. The van der Waals surface area contributed by atoms with Gasteiger partial charge >= 0.3 is 5.97 Å².